The van der Waals surface area contributed by atoms with E-state index >= 15 is 0 Å². The van der Waals surface area contributed by atoms with Crippen LogP contribution in [0.2, 0.25) is 0 Å². The van der Waals surface area contributed by atoms with Crippen LogP contribution in [0.1, 0.15) is 50.9 Å². The highest BCUT2D eigenvalue weighted by Gasteiger charge is 2.09. The molecule has 0 spiro atoms. The van der Waals surface area contributed by atoms with Gasteiger partial charge in [-0.15, -0.1) is 0 Å². The van der Waals surface area contributed by atoms with E-state index in [0.717, 1.165) is 23.8 Å². The molecule has 0 bridgehead atoms. The summed E-state index contributed by atoms with van der Waals surface area (Å²) in [7, 11) is 1.75. The van der Waals surface area contributed by atoms with E-state index in [-0.39, 0.29) is 0 Å². The van der Waals surface area contributed by atoms with Gasteiger partial charge in [0.15, 0.2) is 11.7 Å². The van der Waals surface area contributed by atoms with Crippen LogP contribution in [0.5, 0.6) is 0 Å². The first-order valence-electron chi connectivity index (χ1n) is 8.39. The predicted molar refractivity (Wildman–Crippen MR) is 94.7 cm³/mol. The second-order valence-electron chi connectivity index (χ2n) is 6.54. The molecule has 0 aromatic carbocycles. The molecule has 0 saturated heterocycles. The van der Waals surface area contributed by atoms with Crippen molar-refractivity contribution in [3.8, 4) is 0 Å². The van der Waals surface area contributed by atoms with E-state index in [1.54, 1.807) is 7.05 Å². The molecule has 7 nitrogen and oxygen atoms in total. The molecule has 0 unspecified atom stereocenters. The molecule has 2 heterocycles. The van der Waals surface area contributed by atoms with Gasteiger partial charge >= 0.3 is 0 Å². The Bertz CT molecular complexity index is 656. The van der Waals surface area contributed by atoms with Gasteiger partial charge in [0.2, 0.25) is 0 Å². The molecule has 2 aromatic heterocycles. The highest BCUT2D eigenvalue weighted by molar-refractivity contribution is 5.79. The third-order valence-electron chi connectivity index (χ3n) is 3.60. The zero-order valence-corrected chi connectivity index (χ0v) is 15.2. The normalized spacial score (nSPS) is 12.2. The number of hydrogen-bond acceptors (Lipinski definition) is 4. The van der Waals surface area contributed by atoms with Gasteiger partial charge in [-0.1, -0.05) is 32.9 Å². The maximum atomic E-state index is 5.32. The van der Waals surface area contributed by atoms with Crippen molar-refractivity contribution in [3.05, 3.63) is 35.7 Å². The number of imidazole rings is 1. The van der Waals surface area contributed by atoms with Crippen LogP contribution in [0.15, 0.2) is 28.0 Å². The molecule has 24 heavy (non-hydrogen) atoms. The average molecular weight is 332 g/mol. The maximum absolute atomic E-state index is 5.32. The lowest BCUT2D eigenvalue weighted by atomic mass is 10.1. The van der Waals surface area contributed by atoms with Crippen molar-refractivity contribution in [2.45, 2.75) is 53.2 Å². The Hall–Kier alpha value is -2.31. The fourth-order valence-electron chi connectivity index (χ4n) is 2.31. The third-order valence-corrected chi connectivity index (χ3v) is 3.60. The average Bonchev–Trinajstić information content (AvgIpc) is 3.16. The van der Waals surface area contributed by atoms with Crippen molar-refractivity contribution in [2.75, 3.05) is 7.05 Å². The van der Waals surface area contributed by atoms with Gasteiger partial charge < -0.3 is 19.7 Å². The number of aliphatic imine (C=N–C) groups is 1. The van der Waals surface area contributed by atoms with Crippen LogP contribution in [0.4, 0.5) is 0 Å². The maximum Gasteiger partial charge on any atom is 0.191 e. The van der Waals surface area contributed by atoms with Gasteiger partial charge in [-0.25, -0.2) is 4.98 Å². The molecule has 0 fully saturated rings. The van der Waals surface area contributed by atoms with Crippen molar-refractivity contribution in [3.63, 3.8) is 0 Å². The Kier molecular flexibility index (Phi) is 6.40. The third kappa shape index (κ3) is 5.11. The van der Waals surface area contributed by atoms with Crippen molar-refractivity contribution < 1.29 is 4.52 Å². The molecule has 0 atom stereocenters. The fraction of sp³-hybridized carbons (Fsp3) is 0.588. The van der Waals surface area contributed by atoms with Gasteiger partial charge in [0.05, 0.1) is 18.8 Å². The molecule has 0 aliphatic rings. The quantitative estimate of drug-likeness (QED) is 0.601. The predicted octanol–water partition coefficient (Wildman–Crippen LogP) is 2.52. The van der Waals surface area contributed by atoms with E-state index in [0.29, 0.717) is 30.9 Å². The summed E-state index contributed by atoms with van der Waals surface area (Å²) < 4.78 is 7.49. The van der Waals surface area contributed by atoms with Crippen molar-refractivity contribution in [2.24, 2.45) is 10.9 Å². The minimum absolute atomic E-state index is 0.361. The summed E-state index contributed by atoms with van der Waals surface area (Å²) in [6.07, 6.45) is 3.84. The van der Waals surface area contributed by atoms with E-state index < -0.39 is 0 Å². The Morgan fingerprint density at radius 3 is 2.62 bits per heavy atom. The van der Waals surface area contributed by atoms with Crippen molar-refractivity contribution in [1.82, 2.24) is 25.3 Å². The molecule has 132 valence electrons. The number of nitrogens with zero attached hydrogens (tertiary/aromatic N) is 4. The molecule has 2 rings (SSSR count). The molecular formula is C17H28N6O. The highest BCUT2D eigenvalue weighted by Crippen LogP contribution is 2.13. The lowest BCUT2D eigenvalue weighted by molar-refractivity contribution is 0.372. The molecule has 0 amide bonds. The molecule has 2 aromatic rings. The summed E-state index contributed by atoms with van der Waals surface area (Å²) in [5.74, 6) is 3.43. The van der Waals surface area contributed by atoms with Gasteiger partial charge in [-0.3, -0.25) is 4.99 Å². The number of hydrogen-bond donors (Lipinski definition) is 2. The standard InChI is InChI=1S/C17H28N6O/c1-12(2)11-23-7-6-19-16(23)10-21-17(18-5)20-9-14-8-15(13(3)4)22-24-14/h6-8,12-13H,9-11H2,1-5H3,(H2,18,20,21). The molecule has 0 radical (unpaired) electrons. The smallest absolute Gasteiger partial charge is 0.191 e. The van der Waals surface area contributed by atoms with Crippen LogP contribution in [0.3, 0.4) is 0 Å². The first-order chi connectivity index (χ1) is 11.5. The molecule has 2 N–H and O–H groups in total. The van der Waals surface area contributed by atoms with Crippen LogP contribution in [-0.2, 0) is 19.6 Å². The number of nitrogens with one attached hydrogen (secondary N) is 2. The second kappa shape index (κ2) is 8.52. The second-order valence-corrected chi connectivity index (χ2v) is 6.54. The summed E-state index contributed by atoms with van der Waals surface area (Å²) >= 11 is 0. The minimum atomic E-state index is 0.361. The van der Waals surface area contributed by atoms with E-state index in [1.165, 1.54) is 0 Å². The topological polar surface area (TPSA) is 80.3 Å². The molecule has 7 heteroatoms. The summed E-state index contributed by atoms with van der Waals surface area (Å²) in [5.41, 5.74) is 0.963. The zero-order valence-electron chi connectivity index (χ0n) is 15.2. The minimum Gasteiger partial charge on any atom is -0.359 e. The van der Waals surface area contributed by atoms with Crippen LogP contribution in [-0.4, -0.2) is 27.7 Å². The Labute approximate surface area is 143 Å². The number of aromatic nitrogens is 3. The Balaban J connectivity index is 1.85. The lowest BCUT2D eigenvalue weighted by Crippen LogP contribution is -2.37. The lowest BCUT2D eigenvalue weighted by Gasteiger charge is -2.13. The van der Waals surface area contributed by atoms with Gasteiger partial charge in [0.1, 0.15) is 5.82 Å². The number of rotatable bonds is 7. The fourth-order valence-corrected chi connectivity index (χ4v) is 2.31. The van der Waals surface area contributed by atoms with Gasteiger partial charge in [-0.2, -0.15) is 0 Å². The number of guanidine groups is 1. The molecule has 0 saturated carbocycles. The Morgan fingerprint density at radius 2 is 2.00 bits per heavy atom. The largest absolute Gasteiger partial charge is 0.359 e. The van der Waals surface area contributed by atoms with Crippen molar-refractivity contribution >= 4 is 5.96 Å². The van der Waals surface area contributed by atoms with Crippen LogP contribution in [0.25, 0.3) is 0 Å². The Morgan fingerprint density at radius 1 is 1.25 bits per heavy atom. The summed E-state index contributed by atoms with van der Waals surface area (Å²) in [5, 5.41) is 10.6. The van der Waals surface area contributed by atoms with Crippen LogP contribution in [0, 0.1) is 5.92 Å². The molecular weight excluding hydrogens is 304 g/mol. The monoisotopic (exact) mass is 332 g/mol. The van der Waals surface area contributed by atoms with Crippen LogP contribution < -0.4 is 10.6 Å². The van der Waals surface area contributed by atoms with Gasteiger partial charge in [0, 0.05) is 32.1 Å². The zero-order chi connectivity index (χ0) is 17.5. The first-order valence-corrected chi connectivity index (χ1v) is 8.39. The molecule has 0 aliphatic carbocycles. The van der Waals surface area contributed by atoms with Crippen molar-refractivity contribution in [1.29, 1.82) is 0 Å². The highest BCUT2D eigenvalue weighted by atomic mass is 16.5. The molecule has 0 aliphatic heterocycles. The van der Waals surface area contributed by atoms with Gasteiger partial charge in [-0.05, 0) is 11.8 Å². The SMILES string of the molecule is CN=C(NCc1cc(C(C)C)no1)NCc1nccn1CC(C)C. The van der Waals surface area contributed by atoms with E-state index in [4.69, 9.17) is 4.52 Å². The summed E-state index contributed by atoms with van der Waals surface area (Å²) in [4.78, 5) is 8.64. The van der Waals surface area contributed by atoms with Crippen LogP contribution >= 0.6 is 0 Å². The van der Waals surface area contributed by atoms with Gasteiger partial charge in [0.25, 0.3) is 0 Å². The summed E-state index contributed by atoms with van der Waals surface area (Å²) in [6.45, 7) is 10.7. The van der Waals surface area contributed by atoms with E-state index in [1.807, 2.05) is 18.5 Å². The first kappa shape index (κ1) is 18.0. The summed E-state index contributed by atoms with van der Waals surface area (Å²) in [6, 6.07) is 1.97. The van der Waals surface area contributed by atoms with E-state index in [2.05, 4.69) is 58.0 Å². The van der Waals surface area contributed by atoms with E-state index in [9.17, 15) is 0 Å².